The predicted molar refractivity (Wildman–Crippen MR) is 80.8 cm³/mol. The van der Waals surface area contributed by atoms with E-state index in [0.717, 1.165) is 17.7 Å². The first kappa shape index (κ1) is 14.8. The molecule has 2 rings (SSSR count). The smallest absolute Gasteiger partial charge is 0.218 e. The topological polar surface area (TPSA) is 72.5 Å². The molecule has 4 nitrogen and oxygen atoms in total. The van der Waals surface area contributed by atoms with Crippen molar-refractivity contribution in [2.45, 2.75) is 13.0 Å². The molecule has 0 aliphatic carbocycles. The van der Waals surface area contributed by atoms with E-state index in [1.807, 2.05) is 24.3 Å². The Bertz CT molecular complexity index is 567. The minimum Gasteiger partial charge on any atom is -0.489 e. The van der Waals surface area contributed by atoms with E-state index < -0.39 is 8.03 Å². The molecule has 0 radical (unpaired) electrons. The van der Waals surface area contributed by atoms with Gasteiger partial charge in [0.1, 0.15) is 12.4 Å². The summed E-state index contributed by atoms with van der Waals surface area (Å²) in [6.07, 6.45) is 0.863. The maximum absolute atomic E-state index is 10.9. The van der Waals surface area contributed by atoms with Gasteiger partial charge in [0.2, 0.25) is 8.03 Å². The van der Waals surface area contributed by atoms with Crippen LogP contribution in [-0.2, 0) is 17.6 Å². The lowest BCUT2D eigenvalue weighted by Gasteiger charge is -2.07. The average Bonchev–Trinajstić information content (AvgIpc) is 2.47. The van der Waals surface area contributed by atoms with Crippen LogP contribution in [0.25, 0.3) is 0 Å². The highest BCUT2D eigenvalue weighted by atomic mass is 31.1. The molecule has 2 aromatic rings. The molecule has 0 aromatic heterocycles. The summed E-state index contributed by atoms with van der Waals surface area (Å²) in [5.74, 6) is 0.797. The molecule has 0 spiro atoms. The molecule has 106 valence electrons. The third-order valence-corrected chi connectivity index (χ3v) is 3.79. The number of hydrogen-bond donors (Lipinski definition) is 2. The minimum absolute atomic E-state index is 0.433. The van der Waals surface area contributed by atoms with E-state index in [4.69, 9.17) is 15.4 Å². The Morgan fingerprint density at radius 3 is 2.15 bits per heavy atom. The SMILES string of the molecule is NCCc1ccc(OCc2ccc([PH](=O)O)cc2)cc1. The molecular weight excluding hydrogens is 273 g/mol. The standard InChI is InChI=1S/C15H18NO3P/c16-10-9-12-1-5-14(6-2-12)19-11-13-3-7-15(8-4-13)20(17)18/h1-8,20H,9-11,16H2,(H,17,18). The molecule has 0 aliphatic heterocycles. The molecule has 0 fully saturated rings. The lowest BCUT2D eigenvalue weighted by Crippen LogP contribution is -2.02. The molecule has 1 atom stereocenters. The zero-order valence-corrected chi connectivity index (χ0v) is 12.1. The van der Waals surface area contributed by atoms with Crippen molar-refractivity contribution in [1.29, 1.82) is 0 Å². The maximum atomic E-state index is 10.9. The van der Waals surface area contributed by atoms with E-state index in [2.05, 4.69) is 0 Å². The Labute approximate surface area is 119 Å². The number of hydrogen-bond acceptors (Lipinski definition) is 3. The van der Waals surface area contributed by atoms with Gasteiger partial charge in [0.05, 0.1) is 0 Å². The lowest BCUT2D eigenvalue weighted by atomic mass is 10.1. The van der Waals surface area contributed by atoms with Gasteiger partial charge >= 0.3 is 0 Å². The van der Waals surface area contributed by atoms with Crippen molar-refractivity contribution in [2.75, 3.05) is 6.54 Å². The number of rotatable bonds is 6. The predicted octanol–water partition coefficient (Wildman–Crippen LogP) is 1.86. The van der Waals surface area contributed by atoms with Gasteiger partial charge in [-0.3, -0.25) is 4.57 Å². The highest BCUT2D eigenvalue weighted by molar-refractivity contribution is 7.47. The molecule has 0 saturated carbocycles. The van der Waals surface area contributed by atoms with E-state index in [9.17, 15) is 4.57 Å². The van der Waals surface area contributed by atoms with Gasteiger partial charge < -0.3 is 15.4 Å². The van der Waals surface area contributed by atoms with Gasteiger partial charge in [-0.1, -0.05) is 24.3 Å². The van der Waals surface area contributed by atoms with Crippen LogP contribution in [0.3, 0.4) is 0 Å². The number of benzene rings is 2. The summed E-state index contributed by atoms with van der Waals surface area (Å²) < 4.78 is 16.6. The van der Waals surface area contributed by atoms with E-state index in [1.165, 1.54) is 5.56 Å². The number of nitrogens with two attached hydrogens (primary N) is 1. The number of ether oxygens (including phenoxy) is 1. The second-order valence-corrected chi connectivity index (χ2v) is 5.66. The monoisotopic (exact) mass is 291 g/mol. The Kier molecular flexibility index (Phi) is 5.36. The summed E-state index contributed by atoms with van der Waals surface area (Å²) in [4.78, 5) is 9.00. The highest BCUT2D eigenvalue weighted by Crippen LogP contribution is 2.16. The fraction of sp³-hybridized carbons (Fsp3) is 0.200. The van der Waals surface area contributed by atoms with Gasteiger partial charge in [-0.25, -0.2) is 0 Å². The second kappa shape index (κ2) is 7.25. The normalized spacial score (nSPS) is 12.1. The van der Waals surface area contributed by atoms with Crippen molar-refractivity contribution in [3.8, 4) is 5.75 Å². The third-order valence-electron chi connectivity index (χ3n) is 2.96. The van der Waals surface area contributed by atoms with Crippen LogP contribution >= 0.6 is 8.03 Å². The fourth-order valence-electron chi connectivity index (χ4n) is 1.83. The van der Waals surface area contributed by atoms with Crippen molar-refractivity contribution in [3.63, 3.8) is 0 Å². The maximum Gasteiger partial charge on any atom is 0.218 e. The molecule has 0 saturated heterocycles. The third kappa shape index (κ3) is 4.20. The summed E-state index contributed by atoms with van der Waals surface area (Å²) in [5.41, 5.74) is 7.65. The van der Waals surface area contributed by atoms with Crippen LogP contribution in [0.5, 0.6) is 5.75 Å². The lowest BCUT2D eigenvalue weighted by molar-refractivity contribution is 0.306. The van der Waals surface area contributed by atoms with Crippen LogP contribution in [0.1, 0.15) is 11.1 Å². The molecule has 2 aromatic carbocycles. The Morgan fingerprint density at radius 2 is 1.60 bits per heavy atom. The van der Waals surface area contributed by atoms with Gasteiger partial charge in [-0.05, 0) is 48.4 Å². The molecular formula is C15H18NO3P. The van der Waals surface area contributed by atoms with E-state index in [1.54, 1.807) is 24.3 Å². The molecule has 1 unspecified atom stereocenters. The first-order chi connectivity index (χ1) is 9.69. The van der Waals surface area contributed by atoms with Gasteiger partial charge in [0.25, 0.3) is 0 Å². The van der Waals surface area contributed by atoms with Gasteiger partial charge in [-0.15, -0.1) is 0 Å². The fourth-order valence-corrected chi connectivity index (χ4v) is 2.28. The molecule has 3 N–H and O–H groups in total. The zero-order valence-electron chi connectivity index (χ0n) is 11.1. The van der Waals surface area contributed by atoms with Crippen LogP contribution in [0.2, 0.25) is 0 Å². The second-order valence-electron chi connectivity index (χ2n) is 4.47. The van der Waals surface area contributed by atoms with Crippen molar-refractivity contribution in [1.82, 2.24) is 0 Å². The molecule has 0 aliphatic rings. The minimum atomic E-state index is -2.61. The van der Waals surface area contributed by atoms with E-state index in [0.29, 0.717) is 18.5 Å². The highest BCUT2D eigenvalue weighted by Gasteiger charge is 2.00. The Morgan fingerprint density at radius 1 is 1.00 bits per heavy atom. The van der Waals surface area contributed by atoms with Crippen molar-refractivity contribution >= 4 is 13.3 Å². The summed E-state index contributed by atoms with van der Waals surface area (Å²) in [5, 5.41) is 0.463. The molecule has 0 amide bonds. The Balaban J connectivity index is 1.92. The average molecular weight is 291 g/mol. The molecule has 5 heteroatoms. The van der Waals surface area contributed by atoms with Crippen molar-refractivity contribution in [3.05, 3.63) is 59.7 Å². The van der Waals surface area contributed by atoms with E-state index >= 15 is 0 Å². The van der Waals surface area contributed by atoms with E-state index in [-0.39, 0.29) is 0 Å². The Hall–Kier alpha value is -1.61. The molecule has 20 heavy (non-hydrogen) atoms. The summed E-state index contributed by atoms with van der Waals surface area (Å²) in [7, 11) is -2.61. The van der Waals surface area contributed by atoms with Gasteiger partial charge in [0.15, 0.2) is 0 Å². The summed E-state index contributed by atoms with van der Waals surface area (Å²) in [6, 6.07) is 14.8. The summed E-state index contributed by atoms with van der Waals surface area (Å²) >= 11 is 0. The first-order valence-electron chi connectivity index (χ1n) is 6.43. The van der Waals surface area contributed by atoms with Crippen molar-refractivity contribution in [2.24, 2.45) is 5.73 Å². The van der Waals surface area contributed by atoms with Crippen LogP contribution in [0.4, 0.5) is 0 Å². The van der Waals surface area contributed by atoms with Crippen LogP contribution in [0.15, 0.2) is 48.5 Å². The molecule has 0 bridgehead atoms. The first-order valence-corrected chi connectivity index (χ1v) is 7.78. The van der Waals surface area contributed by atoms with Gasteiger partial charge in [-0.2, -0.15) is 0 Å². The largest absolute Gasteiger partial charge is 0.489 e. The van der Waals surface area contributed by atoms with Crippen LogP contribution < -0.4 is 15.8 Å². The van der Waals surface area contributed by atoms with Gasteiger partial charge in [0, 0.05) is 5.30 Å². The molecule has 0 heterocycles. The van der Waals surface area contributed by atoms with Crippen LogP contribution in [-0.4, -0.2) is 11.4 Å². The quantitative estimate of drug-likeness (QED) is 0.797. The zero-order chi connectivity index (χ0) is 14.4. The van der Waals surface area contributed by atoms with Crippen molar-refractivity contribution < 1.29 is 14.2 Å². The summed E-state index contributed by atoms with van der Waals surface area (Å²) in [6.45, 7) is 1.07. The van der Waals surface area contributed by atoms with Crippen LogP contribution in [0, 0.1) is 0 Å².